The summed E-state index contributed by atoms with van der Waals surface area (Å²) in [5.74, 6) is 0.312. The van der Waals surface area contributed by atoms with E-state index in [9.17, 15) is 9.18 Å². The third-order valence-electron chi connectivity index (χ3n) is 5.98. The molecule has 2 aromatic rings. The minimum absolute atomic E-state index is 0.0785. The van der Waals surface area contributed by atoms with Gasteiger partial charge in [-0.3, -0.25) is 9.78 Å². The van der Waals surface area contributed by atoms with Gasteiger partial charge in [0, 0.05) is 36.8 Å². The van der Waals surface area contributed by atoms with Crippen LogP contribution in [0.25, 0.3) is 5.57 Å². The summed E-state index contributed by atoms with van der Waals surface area (Å²) in [5, 5.41) is 3.42. The predicted molar refractivity (Wildman–Crippen MR) is 115 cm³/mol. The molecule has 0 aliphatic carbocycles. The topological polar surface area (TPSA) is 54.5 Å². The van der Waals surface area contributed by atoms with E-state index in [2.05, 4.69) is 16.4 Å². The van der Waals surface area contributed by atoms with Gasteiger partial charge in [0.15, 0.2) is 0 Å². The Morgan fingerprint density at radius 2 is 2.03 bits per heavy atom. The Bertz CT molecular complexity index is 943. The van der Waals surface area contributed by atoms with Crippen molar-refractivity contribution in [1.82, 2.24) is 15.2 Å². The molecule has 158 valence electrons. The van der Waals surface area contributed by atoms with Gasteiger partial charge in [-0.1, -0.05) is 6.07 Å². The molecule has 1 aromatic carbocycles. The Kier molecular flexibility index (Phi) is 5.86. The number of rotatable bonds is 4. The summed E-state index contributed by atoms with van der Waals surface area (Å²) in [5.41, 5.74) is 2.49. The van der Waals surface area contributed by atoms with Crippen molar-refractivity contribution in [3.05, 3.63) is 65.2 Å². The number of pyridine rings is 1. The molecule has 2 aliphatic rings. The highest BCUT2D eigenvalue weighted by Crippen LogP contribution is 2.43. The lowest BCUT2D eigenvalue weighted by Crippen LogP contribution is -2.37. The first-order valence-corrected chi connectivity index (χ1v) is 10.7. The van der Waals surface area contributed by atoms with E-state index in [-0.39, 0.29) is 11.7 Å². The number of benzene rings is 1. The van der Waals surface area contributed by atoms with Gasteiger partial charge in [0.05, 0.1) is 0 Å². The molecule has 0 bridgehead atoms. The normalized spacial score (nSPS) is 20.7. The number of aromatic nitrogens is 1. The van der Waals surface area contributed by atoms with Crippen molar-refractivity contribution in [2.45, 2.75) is 38.7 Å². The molecule has 5 nitrogen and oxygen atoms in total. The maximum absolute atomic E-state index is 14.1. The molecule has 1 fully saturated rings. The largest absolute Gasteiger partial charge is 0.482 e. The van der Waals surface area contributed by atoms with Gasteiger partial charge in [-0.25, -0.2) is 4.39 Å². The zero-order valence-corrected chi connectivity index (χ0v) is 17.6. The Morgan fingerprint density at radius 3 is 2.77 bits per heavy atom. The van der Waals surface area contributed by atoms with E-state index in [4.69, 9.17) is 4.74 Å². The molecule has 1 spiro atoms. The number of carbonyl (C=O) groups is 1. The predicted octanol–water partition coefficient (Wildman–Crippen LogP) is 4.04. The molecule has 6 heteroatoms. The summed E-state index contributed by atoms with van der Waals surface area (Å²) in [4.78, 5) is 18.8. The van der Waals surface area contributed by atoms with Crippen LogP contribution in [-0.2, 0) is 0 Å². The average Bonchev–Trinajstić information content (AvgIpc) is 3.00. The Labute approximate surface area is 177 Å². The summed E-state index contributed by atoms with van der Waals surface area (Å²) >= 11 is 0. The monoisotopic (exact) mass is 409 g/mol. The van der Waals surface area contributed by atoms with Crippen molar-refractivity contribution in [3.63, 3.8) is 0 Å². The third-order valence-corrected chi connectivity index (χ3v) is 5.98. The number of nitrogens with one attached hydrogen (secondary N) is 1. The molecule has 1 N–H and O–H groups in total. The zero-order valence-electron chi connectivity index (χ0n) is 17.6. The second kappa shape index (κ2) is 8.56. The number of amides is 1. The molecule has 1 atom stereocenters. The van der Waals surface area contributed by atoms with E-state index in [0.29, 0.717) is 24.5 Å². The van der Waals surface area contributed by atoms with Crippen molar-refractivity contribution in [2.24, 2.45) is 0 Å². The van der Waals surface area contributed by atoms with Gasteiger partial charge in [0.1, 0.15) is 22.9 Å². The lowest BCUT2D eigenvalue weighted by atomic mass is 9.85. The number of hydrogen-bond donors (Lipinski definition) is 1. The minimum atomic E-state index is -0.417. The van der Waals surface area contributed by atoms with Crippen molar-refractivity contribution in [1.29, 1.82) is 0 Å². The molecule has 1 saturated heterocycles. The molecule has 0 radical (unpaired) electrons. The lowest BCUT2D eigenvalue weighted by Gasteiger charge is -2.36. The first-order chi connectivity index (χ1) is 14.5. The van der Waals surface area contributed by atoms with Gasteiger partial charge >= 0.3 is 0 Å². The van der Waals surface area contributed by atoms with Crippen LogP contribution in [-0.4, -0.2) is 47.6 Å². The summed E-state index contributed by atoms with van der Waals surface area (Å²) in [6.07, 6.45) is 6.59. The molecule has 30 heavy (non-hydrogen) atoms. The first-order valence-electron chi connectivity index (χ1n) is 10.7. The van der Waals surface area contributed by atoms with Gasteiger partial charge < -0.3 is 15.0 Å². The van der Waals surface area contributed by atoms with Crippen LogP contribution in [0.3, 0.4) is 0 Å². The van der Waals surface area contributed by atoms with Gasteiger partial charge in [-0.15, -0.1) is 0 Å². The van der Waals surface area contributed by atoms with Crippen LogP contribution in [0.4, 0.5) is 4.39 Å². The number of fused-ring (bicyclic) bond motifs is 1. The zero-order chi connectivity index (χ0) is 21.1. The number of ether oxygens (including phenoxy) is 1. The first kappa shape index (κ1) is 20.5. The van der Waals surface area contributed by atoms with Crippen LogP contribution in [0.5, 0.6) is 5.75 Å². The smallest absolute Gasteiger partial charge is 0.272 e. The van der Waals surface area contributed by atoms with Crippen LogP contribution in [0.1, 0.15) is 54.7 Å². The third kappa shape index (κ3) is 3.97. The van der Waals surface area contributed by atoms with E-state index in [0.717, 1.165) is 49.1 Å². The lowest BCUT2D eigenvalue weighted by molar-refractivity contribution is 0.0767. The maximum Gasteiger partial charge on any atom is 0.272 e. The van der Waals surface area contributed by atoms with Gasteiger partial charge in [0.25, 0.3) is 5.91 Å². The molecule has 0 saturated carbocycles. The molecule has 1 amide bonds. The molecular formula is C24H28FN3O2. The summed E-state index contributed by atoms with van der Waals surface area (Å²) < 4.78 is 20.5. The van der Waals surface area contributed by atoms with E-state index >= 15 is 0 Å². The summed E-state index contributed by atoms with van der Waals surface area (Å²) in [6.45, 7) is 7.03. The van der Waals surface area contributed by atoms with Crippen molar-refractivity contribution >= 4 is 11.5 Å². The quantitative estimate of drug-likeness (QED) is 0.828. The Balaban J connectivity index is 1.74. The SMILES string of the molecule is CCN(CC)C(=O)c1ccc(C2=CC3(CCCNCC3)Oc3ccc(F)cc32)cn1. The maximum atomic E-state index is 14.1. The molecule has 2 aliphatic heterocycles. The number of halogens is 1. The van der Waals surface area contributed by atoms with Gasteiger partial charge in [0.2, 0.25) is 0 Å². The van der Waals surface area contributed by atoms with Crippen LogP contribution in [0.15, 0.2) is 42.6 Å². The van der Waals surface area contributed by atoms with Crippen LogP contribution < -0.4 is 10.1 Å². The molecule has 1 unspecified atom stereocenters. The van der Waals surface area contributed by atoms with Crippen LogP contribution in [0.2, 0.25) is 0 Å². The minimum Gasteiger partial charge on any atom is -0.482 e. The van der Waals surface area contributed by atoms with Crippen molar-refractivity contribution in [2.75, 3.05) is 26.2 Å². The average molecular weight is 410 g/mol. The van der Waals surface area contributed by atoms with Gasteiger partial charge in [-0.2, -0.15) is 0 Å². The fourth-order valence-corrected chi connectivity index (χ4v) is 4.29. The number of carbonyl (C=O) groups excluding carboxylic acids is 1. The highest BCUT2D eigenvalue weighted by atomic mass is 19.1. The van der Waals surface area contributed by atoms with Crippen LogP contribution >= 0.6 is 0 Å². The van der Waals surface area contributed by atoms with E-state index < -0.39 is 5.60 Å². The van der Waals surface area contributed by atoms with E-state index in [1.165, 1.54) is 12.1 Å². The molecule has 3 heterocycles. The number of hydrogen-bond acceptors (Lipinski definition) is 4. The highest BCUT2D eigenvalue weighted by Gasteiger charge is 2.36. The Hall–Kier alpha value is -2.73. The number of nitrogens with zero attached hydrogens (tertiary/aromatic N) is 2. The molecule has 1 aromatic heterocycles. The van der Waals surface area contributed by atoms with E-state index in [1.807, 2.05) is 19.9 Å². The summed E-state index contributed by atoms with van der Waals surface area (Å²) in [7, 11) is 0. The fourth-order valence-electron chi connectivity index (χ4n) is 4.29. The molecular weight excluding hydrogens is 381 g/mol. The summed E-state index contributed by atoms with van der Waals surface area (Å²) in [6, 6.07) is 8.32. The molecule has 4 rings (SSSR count). The van der Waals surface area contributed by atoms with Crippen molar-refractivity contribution in [3.8, 4) is 5.75 Å². The second-order valence-electron chi connectivity index (χ2n) is 7.88. The van der Waals surface area contributed by atoms with Crippen LogP contribution in [0, 0.1) is 5.82 Å². The van der Waals surface area contributed by atoms with E-state index in [1.54, 1.807) is 23.2 Å². The van der Waals surface area contributed by atoms with Gasteiger partial charge in [-0.05, 0) is 75.7 Å². The van der Waals surface area contributed by atoms with Crippen molar-refractivity contribution < 1.29 is 13.9 Å². The fraction of sp³-hybridized carbons (Fsp3) is 0.417. The second-order valence-corrected chi connectivity index (χ2v) is 7.88. The standard InChI is InChI=1S/C24H28FN3O2/c1-3-28(4-2)23(29)21-8-6-17(16-27-21)20-15-24(10-5-12-26-13-11-24)30-22-9-7-18(25)14-19(20)22/h6-9,14-16,26H,3-5,10-13H2,1-2H3. The highest BCUT2D eigenvalue weighted by molar-refractivity contribution is 5.93. The Morgan fingerprint density at radius 1 is 1.20 bits per heavy atom.